The molecular formula is C16H22FNO6S. The Morgan fingerprint density at radius 2 is 2.16 bits per heavy atom. The fraction of sp³-hybridized carbons (Fsp3) is 0.562. The molecule has 7 nitrogen and oxygen atoms in total. The van der Waals surface area contributed by atoms with Crippen LogP contribution in [0.25, 0.3) is 0 Å². The van der Waals surface area contributed by atoms with Crippen molar-refractivity contribution in [2.75, 3.05) is 20.3 Å². The quantitative estimate of drug-likeness (QED) is 0.812. The number of ether oxygens (including phenoxy) is 2. The van der Waals surface area contributed by atoms with E-state index in [-0.39, 0.29) is 30.9 Å². The predicted molar refractivity (Wildman–Crippen MR) is 88.4 cm³/mol. The molecule has 1 atom stereocenters. The van der Waals surface area contributed by atoms with Crippen LogP contribution >= 0.6 is 0 Å². The van der Waals surface area contributed by atoms with Gasteiger partial charge in [0.25, 0.3) is 0 Å². The maximum Gasteiger partial charge on any atom is 0.306 e. The first kappa shape index (κ1) is 19.6. The number of methoxy groups -OCH3 is 1. The van der Waals surface area contributed by atoms with Gasteiger partial charge in [-0.1, -0.05) is 0 Å². The number of benzene rings is 1. The van der Waals surface area contributed by atoms with Gasteiger partial charge in [0.2, 0.25) is 10.0 Å². The van der Waals surface area contributed by atoms with Crippen LogP contribution in [0.5, 0.6) is 5.75 Å². The standard InChI is InChI=1S/C16H22FNO6S/c1-16(2)10-24-13(7-15(19)20)8-18(16)25(21,22)9-11-6-12(17)4-5-14(11)23-3/h4-6,13H,7-10H2,1-3H3,(H,19,20). The number of nitrogens with zero attached hydrogens (tertiary/aromatic N) is 1. The number of halogens is 1. The molecule has 0 radical (unpaired) electrons. The molecule has 0 aromatic heterocycles. The number of morpholine rings is 1. The SMILES string of the molecule is COc1ccc(F)cc1CS(=O)(=O)N1CC(CC(=O)O)OCC1(C)C. The van der Waals surface area contributed by atoms with Gasteiger partial charge in [-0.15, -0.1) is 0 Å². The Labute approximate surface area is 146 Å². The second kappa shape index (κ2) is 7.27. The predicted octanol–water partition coefficient (Wildman–Crippen LogP) is 1.62. The molecule has 1 aromatic carbocycles. The Bertz CT molecular complexity index is 749. The van der Waals surface area contributed by atoms with Gasteiger partial charge in [0.05, 0.1) is 37.5 Å². The van der Waals surface area contributed by atoms with Crippen molar-refractivity contribution in [2.24, 2.45) is 0 Å². The minimum atomic E-state index is -3.85. The van der Waals surface area contributed by atoms with Crippen LogP contribution in [0.3, 0.4) is 0 Å². The third-order valence-electron chi connectivity index (χ3n) is 4.04. The lowest BCUT2D eigenvalue weighted by atomic mass is 10.0. The summed E-state index contributed by atoms with van der Waals surface area (Å²) in [6, 6.07) is 3.69. The minimum Gasteiger partial charge on any atom is -0.496 e. The molecule has 1 aliphatic rings. The Hall–Kier alpha value is -1.71. The van der Waals surface area contributed by atoms with E-state index in [1.54, 1.807) is 13.8 Å². The van der Waals surface area contributed by atoms with Crippen molar-refractivity contribution in [1.29, 1.82) is 0 Å². The molecule has 2 rings (SSSR count). The van der Waals surface area contributed by atoms with Crippen LogP contribution in [-0.2, 0) is 25.3 Å². The van der Waals surface area contributed by atoms with E-state index < -0.39 is 39.2 Å². The van der Waals surface area contributed by atoms with E-state index in [1.807, 2.05) is 0 Å². The van der Waals surface area contributed by atoms with Crippen molar-refractivity contribution in [3.63, 3.8) is 0 Å². The fourth-order valence-corrected chi connectivity index (χ4v) is 4.79. The lowest BCUT2D eigenvalue weighted by molar-refractivity contribution is -0.143. The van der Waals surface area contributed by atoms with Crippen molar-refractivity contribution < 1.29 is 32.2 Å². The van der Waals surface area contributed by atoms with Gasteiger partial charge in [-0.05, 0) is 32.0 Å². The zero-order chi connectivity index (χ0) is 18.8. The fourth-order valence-electron chi connectivity index (χ4n) is 2.82. The van der Waals surface area contributed by atoms with Gasteiger partial charge in [-0.3, -0.25) is 4.79 Å². The van der Waals surface area contributed by atoms with E-state index in [2.05, 4.69) is 0 Å². The summed E-state index contributed by atoms with van der Waals surface area (Å²) in [6.45, 7) is 3.40. The molecule has 1 aliphatic heterocycles. The highest BCUT2D eigenvalue weighted by molar-refractivity contribution is 7.88. The summed E-state index contributed by atoms with van der Waals surface area (Å²) in [7, 11) is -2.47. The van der Waals surface area contributed by atoms with E-state index in [0.717, 1.165) is 6.07 Å². The van der Waals surface area contributed by atoms with E-state index in [1.165, 1.54) is 23.5 Å². The monoisotopic (exact) mass is 375 g/mol. The topological polar surface area (TPSA) is 93.1 Å². The highest BCUT2D eigenvalue weighted by atomic mass is 32.2. The van der Waals surface area contributed by atoms with Crippen molar-refractivity contribution in [3.05, 3.63) is 29.6 Å². The van der Waals surface area contributed by atoms with Gasteiger partial charge < -0.3 is 14.6 Å². The smallest absolute Gasteiger partial charge is 0.306 e. The third-order valence-corrected chi connectivity index (χ3v) is 6.03. The molecule has 1 unspecified atom stereocenters. The average molecular weight is 375 g/mol. The molecule has 9 heteroatoms. The molecule has 0 spiro atoms. The number of aliphatic carboxylic acids is 1. The molecule has 0 amide bonds. The van der Waals surface area contributed by atoms with Crippen LogP contribution in [0.4, 0.5) is 4.39 Å². The summed E-state index contributed by atoms with van der Waals surface area (Å²) in [5, 5.41) is 8.91. The Balaban J connectivity index is 2.29. The van der Waals surface area contributed by atoms with Gasteiger partial charge in [-0.25, -0.2) is 12.8 Å². The third kappa shape index (κ3) is 4.68. The summed E-state index contributed by atoms with van der Waals surface area (Å²) in [4.78, 5) is 10.9. The molecular weight excluding hydrogens is 353 g/mol. The van der Waals surface area contributed by atoms with Crippen LogP contribution in [0, 0.1) is 5.82 Å². The Kier molecular flexibility index (Phi) is 5.70. The van der Waals surface area contributed by atoms with E-state index in [0.29, 0.717) is 0 Å². The summed E-state index contributed by atoms with van der Waals surface area (Å²) in [6.07, 6.45) is -1.01. The normalized spacial score (nSPS) is 21.0. The first-order valence-corrected chi connectivity index (χ1v) is 9.32. The molecule has 0 aliphatic carbocycles. The number of hydrogen-bond acceptors (Lipinski definition) is 5. The summed E-state index contributed by atoms with van der Waals surface area (Å²) < 4.78 is 51.2. The number of carboxylic acids is 1. The first-order chi connectivity index (χ1) is 11.5. The zero-order valence-corrected chi connectivity index (χ0v) is 15.2. The van der Waals surface area contributed by atoms with Crippen molar-refractivity contribution in [2.45, 2.75) is 37.7 Å². The van der Waals surface area contributed by atoms with Gasteiger partial charge in [0.15, 0.2) is 0 Å². The van der Waals surface area contributed by atoms with E-state index >= 15 is 0 Å². The van der Waals surface area contributed by atoms with Crippen LogP contribution in [0.2, 0.25) is 0 Å². The summed E-state index contributed by atoms with van der Waals surface area (Å²) in [5.41, 5.74) is -0.631. The number of carboxylic acid groups (broad SMARTS) is 1. The lowest BCUT2D eigenvalue weighted by Gasteiger charge is -2.43. The van der Waals surface area contributed by atoms with Gasteiger partial charge in [0.1, 0.15) is 11.6 Å². The lowest BCUT2D eigenvalue weighted by Crippen LogP contribution is -2.58. The highest BCUT2D eigenvalue weighted by Crippen LogP contribution is 2.30. The maximum atomic E-state index is 13.5. The molecule has 0 saturated carbocycles. The van der Waals surface area contributed by atoms with Gasteiger partial charge >= 0.3 is 5.97 Å². The molecule has 25 heavy (non-hydrogen) atoms. The number of hydrogen-bond donors (Lipinski definition) is 1. The second-order valence-corrected chi connectivity index (χ2v) is 8.48. The average Bonchev–Trinajstić information content (AvgIpc) is 2.48. The minimum absolute atomic E-state index is 0.0702. The molecule has 1 aromatic rings. The highest BCUT2D eigenvalue weighted by Gasteiger charge is 2.42. The second-order valence-electron chi connectivity index (χ2n) is 6.59. The molecule has 1 fully saturated rings. The molecule has 0 bridgehead atoms. The van der Waals surface area contributed by atoms with E-state index in [4.69, 9.17) is 14.6 Å². The number of rotatable bonds is 6. The van der Waals surface area contributed by atoms with E-state index in [9.17, 15) is 17.6 Å². The van der Waals surface area contributed by atoms with Crippen molar-refractivity contribution in [1.82, 2.24) is 4.31 Å². The molecule has 140 valence electrons. The number of sulfonamides is 1. The van der Waals surface area contributed by atoms with Gasteiger partial charge in [0, 0.05) is 12.1 Å². The van der Waals surface area contributed by atoms with Crippen LogP contribution in [-0.4, -0.2) is 55.7 Å². The van der Waals surface area contributed by atoms with Crippen LogP contribution in [0.15, 0.2) is 18.2 Å². The Morgan fingerprint density at radius 3 is 2.76 bits per heavy atom. The van der Waals surface area contributed by atoms with Crippen molar-refractivity contribution in [3.8, 4) is 5.75 Å². The molecule has 1 N–H and O–H groups in total. The Morgan fingerprint density at radius 1 is 1.48 bits per heavy atom. The summed E-state index contributed by atoms with van der Waals surface area (Å²) in [5.74, 6) is -1.79. The molecule has 1 heterocycles. The molecule has 1 saturated heterocycles. The number of carbonyl (C=O) groups is 1. The van der Waals surface area contributed by atoms with Crippen molar-refractivity contribution >= 4 is 16.0 Å². The van der Waals surface area contributed by atoms with Crippen LogP contribution < -0.4 is 4.74 Å². The first-order valence-electron chi connectivity index (χ1n) is 7.71. The maximum absolute atomic E-state index is 13.5. The van der Waals surface area contributed by atoms with Crippen LogP contribution in [0.1, 0.15) is 25.8 Å². The zero-order valence-electron chi connectivity index (χ0n) is 14.4. The van der Waals surface area contributed by atoms with Gasteiger partial charge in [-0.2, -0.15) is 4.31 Å². The summed E-state index contributed by atoms with van der Waals surface area (Å²) >= 11 is 0. The largest absolute Gasteiger partial charge is 0.496 e.